The first-order chi connectivity index (χ1) is 15.3. The largest absolute Gasteiger partial charge is 0.453 e. The first-order valence-corrected chi connectivity index (χ1v) is 11.4. The number of amides is 1. The Balaban J connectivity index is 1.54. The Morgan fingerprint density at radius 1 is 1.19 bits per heavy atom. The SMILES string of the molecule is CCn1c(SC(C)(C)C(=O)Nc2ccc(C(C)C)cc2)nnc1-c1nccc2c1OCO2. The predicted molar refractivity (Wildman–Crippen MR) is 124 cm³/mol. The maximum Gasteiger partial charge on any atom is 0.240 e. The molecular weight excluding hydrogens is 426 g/mol. The summed E-state index contributed by atoms with van der Waals surface area (Å²) in [6.07, 6.45) is 1.66. The lowest BCUT2D eigenvalue weighted by molar-refractivity contribution is -0.117. The van der Waals surface area contributed by atoms with E-state index >= 15 is 0 Å². The van der Waals surface area contributed by atoms with Crippen molar-refractivity contribution in [2.75, 3.05) is 12.1 Å². The second kappa shape index (κ2) is 8.82. The molecule has 0 saturated carbocycles. The number of rotatable bonds is 7. The molecule has 0 spiro atoms. The summed E-state index contributed by atoms with van der Waals surface area (Å²) in [5, 5.41) is 12.4. The van der Waals surface area contributed by atoms with Gasteiger partial charge in [0.25, 0.3) is 0 Å². The Morgan fingerprint density at radius 2 is 1.94 bits per heavy atom. The zero-order valence-corrected chi connectivity index (χ0v) is 19.7. The molecule has 1 aliphatic rings. The van der Waals surface area contributed by atoms with E-state index in [0.29, 0.717) is 40.6 Å². The number of hydrogen-bond acceptors (Lipinski definition) is 7. The summed E-state index contributed by atoms with van der Waals surface area (Å²) in [5.74, 6) is 2.12. The number of carbonyl (C=O) groups excluding carboxylic acids is 1. The van der Waals surface area contributed by atoms with Crippen LogP contribution >= 0.6 is 11.8 Å². The molecule has 0 unspecified atom stereocenters. The van der Waals surface area contributed by atoms with Gasteiger partial charge >= 0.3 is 0 Å². The van der Waals surface area contributed by atoms with Gasteiger partial charge in [-0.15, -0.1) is 10.2 Å². The fourth-order valence-electron chi connectivity index (χ4n) is 3.33. The van der Waals surface area contributed by atoms with E-state index in [1.165, 1.54) is 17.3 Å². The maximum absolute atomic E-state index is 13.0. The van der Waals surface area contributed by atoms with Gasteiger partial charge in [-0.1, -0.05) is 37.7 Å². The number of thioether (sulfide) groups is 1. The summed E-state index contributed by atoms with van der Waals surface area (Å²) in [6, 6.07) is 9.71. The topological polar surface area (TPSA) is 91.2 Å². The number of hydrogen-bond donors (Lipinski definition) is 1. The van der Waals surface area contributed by atoms with Crippen LogP contribution in [0.1, 0.15) is 46.1 Å². The van der Waals surface area contributed by atoms with Gasteiger partial charge in [-0.25, -0.2) is 4.98 Å². The van der Waals surface area contributed by atoms with E-state index in [4.69, 9.17) is 9.47 Å². The molecule has 32 heavy (non-hydrogen) atoms. The van der Waals surface area contributed by atoms with Crippen LogP contribution in [-0.4, -0.2) is 37.2 Å². The minimum atomic E-state index is -0.778. The van der Waals surface area contributed by atoms with Crippen molar-refractivity contribution in [2.24, 2.45) is 0 Å². The molecule has 3 aromatic rings. The summed E-state index contributed by atoms with van der Waals surface area (Å²) in [5.41, 5.74) is 2.58. The van der Waals surface area contributed by atoms with E-state index in [-0.39, 0.29) is 12.7 Å². The van der Waals surface area contributed by atoms with E-state index < -0.39 is 4.75 Å². The minimum absolute atomic E-state index is 0.109. The first kappa shape index (κ1) is 22.1. The molecule has 0 aliphatic carbocycles. The third-order valence-electron chi connectivity index (χ3n) is 5.26. The monoisotopic (exact) mass is 453 g/mol. The lowest BCUT2D eigenvalue weighted by Gasteiger charge is -2.23. The smallest absolute Gasteiger partial charge is 0.240 e. The molecule has 168 valence electrons. The third kappa shape index (κ3) is 4.29. The Bertz CT molecular complexity index is 1130. The van der Waals surface area contributed by atoms with Crippen molar-refractivity contribution < 1.29 is 14.3 Å². The molecule has 3 heterocycles. The summed E-state index contributed by atoms with van der Waals surface area (Å²) >= 11 is 1.36. The molecule has 1 N–H and O–H groups in total. The van der Waals surface area contributed by atoms with Crippen LogP contribution in [0.2, 0.25) is 0 Å². The fraction of sp³-hybridized carbons (Fsp3) is 0.391. The van der Waals surface area contributed by atoms with E-state index in [9.17, 15) is 4.79 Å². The lowest BCUT2D eigenvalue weighted by atomic mass is 10.0. The van der Waals surface area contributed by atoms with E-state index in [2.05, 4.69) is 34.3 Å². The highest BCUT2D eigenvalue weighted by atomic mass is 32.2. The fourth-order valence-corrected chi connectivity index (χ4v) is 4.33. The highest BCUT2D eigenvalue weighted by molar-refractivity contribution is 8.01. The highest BCUT2D eigenvalue weighted by Crippen LogP contribution is 2.40. The second-order valence-electron chi connectivity index (χ2n) is 8.29. The summed E-state index contributed by atoms with van der Waals surface area (Å²) in [7, 11) is 0. The van der Waals surface area contributed by atoms with E-state index in [1.54, 1.807) is 12.3 Å². The van der Waals surface area contributed by atoms with Crippen LogP contribution in [0.3, 0.4) is 0 Å². The third-order valence-corrected chi connectivity index (χ3v) is 6.44. The molecule has 1 aromatic carbocycles. The van der Waals surface area contributed by atoms with Crippen LogP contribution < -0.4 is 14.8 Å². The van der Waals surface area contributed by atoms with Gasteiger partial charge in [0.2, 0.25) is 12.7 Å². The van der Waals surface area contributed by atoms with Gasteiger partial charge in [0, 0.05) is 24.5 Å². The van der Waals surface area contributed by atoms with Gasteiger partial charge in [0.15, 0.2) is 28.2 Å². The van der Waals surface area contributed by atoms with Crippen molar-refractivity contribution in [3.8, 4) is 23.0 Å². The average Bonchev–Trinajstić information content (AvgIpc) is 3.40. The number of aromatic nitrogens is 4. The zero-order chi connectivity index (χ0) is 22.9. The molecule has 0 fully saturated rings. The van der Waals surface area contributed by atoms with Crippen molar-refractivity contribution in [1.82, 2.24) is 19.7 Å². The van der Waals surface area contributed by atoms with Crippen molar-refractivity contribution >= 4 is 23.4 Å². The number of anilines is 1. The van der Waals surface area contributed by atoms with Crippen molar-refractivity contribution in [2.45, 2.75) is 57.0 Å². The van der Waals surface area contributed by atoms with Gasteiger partial charge in [-0.2, -0.15) is 0 Å². The van der Waals surface area contributed by atoms with E-state index in [0.717, 1.165) is 5.69 Å². The number of ether oxygens (including phenoxy) is 2. The average molecular weight is 454 g/mol. The first-order valence-electron chi connectivity index (χ1n) is 10.6. The van der Waals surface area contributed by atoms with Crippen LogP contribution in [0.15, 0.2) is 41.7 Å². The minimum Gasteiger partial charge on any atom is -0.453 e. The summed E-state index contributed by atoms with van der Waals surface area (Å²) < 4.78 is 12.2. The summed E-state index contributed by atoms with van der Waals surface area (Å²) in [6.45, 7) is 10.8. The van der Waals surface area contributed by atoms with Crippen molar-refractivity contribution in [1.29, 1.82) is 0 Å². The van der Waals surface area contributed by atoms with Gasteiger partial charge < -0.3 is 19.4 Å². The number of fused-ring (bicyclic) bond motifs is 1. The normalized spacial score (nSPS) is 12.9. The molecule has 4 rings (SSSR count). The van der Waals surface area contributed by atoms with Gasteiger partial charge in [0.1, 0.15) is 0 Å². The number of nitrogens with zero attached hydrogens (tertiary/aromatic N) is 4. The molecule has 0 radical (unpaired) electrons. The Kier molecular flexibility index (Phi) is 6.10. The molecule has 9 heteroatoms. The number of pyridine rings is 1. The number of nitrogens with one attached hydrogen (secondary N) is 1. The van der Waals surface area contributed by atoms with Crippen LogP contribution in [0.5, 0.6) is 11.5 Å². The van der Waals surface area contributed by atoms with Crippen molar-refractivity contribution in [3.63, 3.8) is 0 Å². The molecular formula is C23H27N5O3S. The Morgan fingerprint density at radius 3 is 2.62 bits per heavy atom. The van der Waals surface area contributed by atoms with Crippen LogP contribution in [0.25, 0.3) is 11.5 Å². The predicted octanol–water partition coefficient (Wildman–Crippen LogP) is 4.72. The molecule has 0 saturated heterocycles. The quantitative estimate of drug-likeness (QED) is 0.518. The maximum atomic E-state index is 13.0. The highest BCUT2D eigenvalue weighted by Gasteiger charge is 2.33. The Hall–Kier alpha value is -3.07. The standard InChI is InChI=1S/C23H27N5O3S/c1-6-28-20(18-19-17(11-12-24-18)30-13-31-19)26-27-22(28)32-23(4,5)21(29)25-16-9-7-15(8-10-16)14(2)3/h7-12,14H,6,13H2,1-5H3,(H,25,29). The van der Waals surface area contributed by atoms with E-state index in [1.807, 2.05) is 49.6 Å². The molecule has 1 amide bonds. The van der Waals surface area contributed by atoms with Crippen LogP contribution in [-0.2, 0) is 11.3 Å². The number of benzene rings is 1. The second-order valence-corrected chi connectivity index (χ2v) is 9.88. The Labute approximate surface area is 191 Å². The molecule has 0 atom stereocenters. The summed E-state index contributed by atoms with van der Waals surface area (Å²) in [4.78, 5) is 17.5. The molecule has 8 nitrogen and oxygen atoms in total. The molecule has 1 aliphatic heterocycles. The number of carbonyl (C=O) groups is 1. The van der Waals surface area contributed by atoms with Crippen LogP contribution in [0, 0.1) is 0 Å². The van der Waals surface area contributed by atoms with Crippen molar-refractivity contribution in [3.05, 3.63) is 42.1 Å². The molecule has 2 aromatic heterocycles. The lowest BCUT2D eigenvalue weighted by Crippen LogP contribution is -2.34. The molecule has 0 bridgehead atoms. The van der Waals surface area contributed by atoms with Crippen LogP contribution in [0.4, 0.5) is 5.69 Å². The van der Waals surface area contributed by atoms with Gasteiger partial charge in [-0.05, 0) is 44.4 Å². The van der Waals surface area contributed by atoms with Gasteiger partial charge in [-0.3, -0.25) is 4.79 Å². The van der Waals surface area contributed by atoms with Gasteiger partial charge in [0.05, 0.1) is 4.75 Å². The zero-order valence-electron chi connectivity index (χ0n) is 18.9.